The fourth-order valence-electron chi connectivity index (χ4n) is 1.76. The van der Waals surface area contributed by atoms with Crippen LogP contribution in [0.1, 0.15) is 11.4 Å². The molecule has 6 heteroatoms. The lowest BCUT2D eigenvalue weighted by Gasteiger charge is -2.02. The molecule has 19 heavy (non-hydrogen) atoms. The highest BCUT2D eigenvalue weighted by molar-refractivity contribution is 7.99. The number of para-hydroxylation sites is 1. The maximum atomic E-state index is 9.21. The van der Waals surface area contributed by atoms with Crippen molar-refractivity contribution in [3.05, 3.63) is 41.7 Å². The van der Waals surface area contributed by atoms with Gasteiger partial charge in [0.15, 0.2) is 0 Å². The fraction of sp³-hybridized carbons (Fsp3) is 0.0769. The molecule has 92 valence electrons. The van der Waals surface area contributed by atoms with Gasteiger partial charge in [-0.2, -0.15) is 5.26 Å². The monoisotopic (exact) mass is 267 g/mol. The van der Waals surface area contributed by atoms with Crippen LogP contribution in [0.4, 0.5) is 0 Å². The first-order chi connectivity index (χ1) is 9.26. The number of nitriles is 1. The van der Waals surface area contributed by atoms with Crippen LogP contribution in [0, 0.1) is 18.3 Å². The quantitative estimate of drug-likeness (QED) is 0.772. The Hall–Kier alpha value is -2.39. The van der Waals surface area contributed by atoms with Crippen molar-refractivity contribution >= 4 is 22.7 Å². The molecule has 3 rings (SSSR count). The lowest BCUT2D eigenvalue weighted by molar-refractivity contribution is 0.966. The second-order valence-electron chi connectivity index (χ2n) is 3.94. The van der Waals surface area contributed by atoms with Crippen LogP contribution < -0.4 is 0 Å². The molecule has 0 unspecified atom stereocenters. The van der Waals surface area contributed by atoms with E-state index in [4.69, 9.17) is 0 Å². The normalized spacial score (nSPS) is 10.5. The van der Waals surface area contributed by atoms with E-state index in [1.54, 1.807) is 6.07 Å². The zero-order valence-corrected chi connectivity index (χ0v) is 10.9. The molecule has 0 amide bonds. The number of hydrogen-bond acceptors (Lipinski definition) is 5. The van der Waals surface area contributed by atoms with Crippen molar-refractivity contribution in [3.8, 4) is 6.07 Å². The molecule has 2 aromatic heterocycles. The van der Waals surface area contributed by atoms with Crippen LogP contribution in [-0.2, 0) is 0 Å². The summed E-state index contributed by atoms with van der Waals surface area (Å²) in [6, 6.07) is 11.6. The zero-order valence-electron chi connectivity index (χ0n) is 10.1. The molecule has 0 aliphatic heterocycles. The van der Waals surface area contributed by atoms with Gasteiger partial charge in [0.2, 0.25) is 5.16 Å². The SMILES string of the molecule is Cc1nc(Sc2cc(C#N)c3ccccc3n2)n[nH]1. The Bertz CT molecular complexity index is 787. The highest BCUT2D eigenvalue weighted by Crippen LogP contribution is 2.27. The van der Waals surface area contributed by atoms with Crippen LogP contribution in [0.3, 0.4) is 0 Å². The van der Waals surface area contributed by atoms with E-state index in [-0.39, 0.29) is 0 Å². The molecule has 0 radical (unpaired) electrons. The predicted molar refractivity (Wildman–Crippen MR) is 71.7 cm³/mol. The first kappa shape index (κ1) is 11.7. The van der Waals surface area contributed by atoms with Gasteiger partial charge in [0, 0.05) is 5.39 Å². The topological polar surface area (TPSA) is 78.2 Å². The minimum atomic E-state index is 0.601. The van der Waals surface area contributed by atoms with E-state index >= 15 is 0 Å². The van der Waals surface area contributed by atoms with Crippen molar-refractivity contribution < 1.29 is 0 Å². The minimum Gasteiger partial charge on any atom is -0.262 e. The predicted octanol–water partition coefficient (Wildman–Crippen LogP) is 2.68. The second kappa shape index (κ2) is 4.71. The van der Waals surface area contributed by atoms with Crippen LogP contribution in [-0.4, -0.2) is 20.2 Å². The van der Waals surface area contributed by atoms with Gasteiger partial charge >= 0.3 is 0 Å². The Labute approximate surface area is 113 Å². The van der Waals surface area contributed by atoms with E-state index in [9.17, 15) is 5.26 Å². The summed E-state index contributed by atoms with van der Waals surface area (Å²) in [4.78, 5) is 8.72. The molecular formula is C13H9N5S. The van der Waals surface area contributed by atoms with E-state index in [1.807, 2.05) is 31.2 Å². The van der Waals surface area contributed by atoms with Gasteiger partial charge < -0.3 is 0 Å². The molecule has 1 aromatic carbocycles. The number of nitrogens with zero attached hydrogens (tertiary/aromatic N) is 4. The first-order valence-electron chi connectivity index (χ1n) is 5.63. The van der Waals surface area contributed by atoms with Crippen molar-refractivity contribution in [1.29, 1.82) is 5.26 Å². The van der Waals surface area contributed by atoms with Crippen molar-refractivity contribution in [2.75, 3.05) is 0 Å². The van der Waals surface area contributed by atoms with Gasteiger partial charge in [0.1, 0.15) is 10.9 Å². The number of hydrogen-bond donors (Lipinski definition) is 1. The van der Waals surface area contributed by atoms with Gasteiger partial charge in [-0.05, 0) is 30.8 Å². The van der Waals surface area contributed by atoms with Crippen LogP contribution in [0.5, 0.6) is 0 Å². The highest BCUT2D eigenvalue weighted by atomic mass is 32.2. The molecule has 1 N–H and O–H groups in total. The van der Waals surface area contributed by atoms with Crippen LogP contribution in [0.2, 0.25) is 0 Å². The van der Waals surface area contributed by atoms with Gasteiger partial charge in [-0.15, -0.1) is 5.10 Å². The average molecular weight is 267 g/mol. The average Bonchev–Trinajstić information content (AvgIpc) is 2.83. The third kappa shape index (κ3) is 2.28. The molecule has 0 bridgehead atoms. The molecular weight excluding hydrogens is 258 g/mol. The number of nitrogens with one attached hydrogen (secondary N) is 1. The summed E-state index contributed by atoms with van der Waals surface area (Å²) in [5.41, 5.74) is 1.41. The third-order valence-electron chi connectivity index (χ3n) is 2.59. The molecule has 3 aromatic rings. The molecule has 0 saturated heterocycles. The molecule has 0 aliphatic carbocycles. The number of aryl methyl sites for hydroxylation is 1. The summed E-state index contributed by atoms with van der Waals surface area (Å²) in [5.74, 6) is 0.754. The molecule has 0 spiro atoms. The van der Waals surface area contributed by atoms with Crippen molar-refractivity contribution in [2.45, 2.75) is 17.1 Å². The zero-order chi connectivity index (χ0) is 13.2. The van der Waals surface area contributed by atoms with Gasteiger partial charge in [-0.3, -0.25) is 5.10 Å². The van der Waals surface area contributed by atoms with E-state index < -0.39 is 0 Å². The number of rotatable bonds is 2. The van der Waals surface area contributed by atoms with E-state index in [2.05, 4.69) is 26.2 Å². The minimum absolute atomic E-state index is 0.601. The van der Waals surface area contributed by atoms with Gasteiger partial charge in [-0.1, -0.05) is 18.2 Å². The van der Waals surface area contributed by atoms with E-state index in [1.165, 1.54) is 11.8 Å². The summed E-state index contributed by atoms with van der Waals surface area (Å²) in [6.07, 6.45) is 0. The molecule has 2 heterocycles. The van der Waals surface area contributed by atoms with Gasteiger partial charge in [-0.25, -0.2) is 9.97 Å². The number of benzene rings is 1. The second-order valence-corrected chi connectivity index (χ2v) is 4.93. The van der Waals surface area contributed by atoms with Crippen LogP contribution in [0.15, 0.2) is 40.5 Å². The fourth-order valence-corrected chi connectivity index (χ4v) is 2.54. The third-order valence-corrected chi connectivity index (χ3v) is 3.37. The molecule has 0 saturated carbocycles. The summed E-state index contributed by atoms with van der Waals surface area (Å²) in [7, 11) is 0. The molecule has 5 nitrogen and oxygen atoms in total. The largest absolute Gasteiger partial charge is 0.262 e. The van der Waals surface area contributed by atoms with Gasteiger partial charge in [0.25, 0.3) is 0 Å². The van der Waals surface area contributed by atoms with Crippen molar-refractivity contribution in [1.82, 2.24) is 20.2 Å². The number of aromatic nitrogens is 4. The summed E-state index contributed by atoms with van der Waals surface area (Å²) in [5, 5.41) is 18.2. The summed E-state index contributed by atoms with van der Waals surface area (Å²) >= 11 is 1.34. The number of aromatic amines is 1. The number of H-pyrrole nitrogens is 1. The Morgan fingerprint density at radius 3 is 2.84 bits per heavy atom. The Morgan fingerprint density at radius 2 is 2.11 bits per heavy atom. The van der Waals surface area contributed by atoms with E-state index in [0.29, 0.717) is 15.7 Å². The molecule has 0 atom stereocenters. The Morgan fingerprint density at radius 1 is 1.26 bits per heavy atom. The number of fused-ring (bicyclic) bond motifs is 1. The highest BCUT2D eigenvalue weighted by Gasteiger charge is 2.08. The Kier molecular flexibility index (Phi) is 2.89. The van der Waals surface area contributed by atoms with Crippen LogP contribution >= 0.6 is 11.8 Å². The Balaban J connectivity index is 2.07. The summed E-state index contributed by atoms with van der Waals surface area (Å²) in [6.45, 7) is 1.84. The smallest absolute Gasteiger partial charge is 0.214 e. The van der Waals surface area contributed by atoms with E-state index in [0.717, 1.165) is 16.7 Å². The van der Waals surface area contributed by atoms with Crippen molar-refractivity contribution in [2.24, 2.45) is 0 Å². The molecule has 0 aliphatic rings. The maximum absolute atomic E-state index is 9.21. The first-order valence-corrected chi connectivity index (χ1v) is 6.44. The lowest BCUT2D eigenvalue weighted by atomic mass is 10.1. The van der Waals surface area contributed by atoms with Crippen molar-refractivity contribution in [3.63, 3.8) is 0 Å². The summed E-state index contributed by atoms with van der Waals surface area (Å²) < 4.78 is 0. The van der Waals surface area contributed by atoms with Crippen LogP contribution in [0.25, 0.3) is 10.9 Å². The van der Waals surface area contributed by atoms with Gasteiger partial charge in [0.05, 0.1) is 17.1 Å². The maximum Gasteiger partial charge on any atom is 0.214 e. The lowest BCUT2D eigenvalue weighted by Crippen LogP contribution is -1.88. The standard InChI is InChI=1S/C13H9N5S/c1-8-15-13(18-17-8)19-12-6-9(7-14)10-4-2-3-5-11(10)16-12/h2-6H,1H3,(H,15,17,18). The molecule has 0 fully saturated rings. The number of pyridine rings is 1.